The number of aryl methyl sites for hydroxylation is 1. The SMILES string of the molecule is Cc1ccc(COc2cncc(C(=O)C(C)C)n2)cc1. The van der Waals surface area contributed by atoms with Crippen LogP contribution in [0.3, 0.4) is 0 Å². The first kappa shape index (κ1) is 14.2. The van der Waals surface area contributed by atoms with Gasteiger partial charge in [0, 0.05) is 5.92 Å². The van der Waals surface area contributed by atoms with E-state index >= 15 is 0 Å². The standard InChI is InChI=1S/C16H18N2O2/c1-11(2)16(19)14-8-17-9-15(18-14)20-10-13-6-4-12(3)5-7-13/h4-9,11H,10H2,1-3H3. The average Bonchev–Trinajstić information content (AvgIpc) is 2.46. The predicted octanol–water partition coefficient (Wildman–Crippen LogP) is 3.20. The minimum absolute atomic E-state index is 0.0294. The van der Waals surface area contributed by atoms with Gasteiger partial charge >= 0.3 is 0 Å². The van der Waals surface area contributed by atoms with Crippen LogP contribution in [0.4, 0.5) is 0 Å². The number of ketones is 1. The Kier molecular flexibility index (Phi) is 4.45. The molecule has 0 saturated carbocycles. The first-order valence-electron chi connectivity index (χ1n) is 6.61. The van der Waals surface area contributed by atoms with Gasteiger partial charge in [0.25, 0.3) is 0 Å². The van der Waals surface area contributed by atoms with E-state index in [1.54, 1.807) is 0 Å². The normalized spacial score (nSPS) is 10.6. The molecule has 2 aromatic rings. The van der Waals surface area contributed by atoms with Crippen molar-refractivity contribution in [2.24, 2.45) is 5.92 Å². The fourth-order valence-electron chi connectivity index (χ4n) is 1.67. The maximum Gasteiger partial charge on any atom is 0.233 e. The van der Waals surface area contributed by atoms with Gasteiger partial charge in [0.2, 0.25) is 5.88 Å². The highest BCUT2D eigenvalue weighted by molar-refractivity contribution is 5.95. The van der Waals surface area contributed by atoms with Crippen LogP contribution >= 0.6 is 0 Å². The molecule has 0 N–H and O–H groups in total. The number of rotatable bonds is 5. The lowest BCUT2D eigenvalue weighted by molar-refractivity contribution is 0.0932. The lowest BCUT2D eigenvalue weighted by Gasteiger charge is -2.07. The molecule has 0 spiro atoms. The van der Waals surface area contributed by atoms with Gasteiger partial charge in [-0.05, 0) is 12.5 Å². The van der Waals surface area contributed by atoms with Crippen molar-refractivity contribution in [2.45, 2.75) is 27.4 Å². The molecule has 0 saturated heterocycles. The number of hydrogen-bond donors (Lipinski definition) is 0. The number of Topliss-reactive ketones (excluding diaryl/α,β-unsaturated/α-hetero) is 1. The molecule has 0 atom stereocenters. The van der Waals surface area contributed by atoms with Crippen molar-refractivity contribution in [1.29, 1.82) is 0 Å². The third-order valence-corrected chi connectivity index (χ3v) is 2.90. The van der Waals surface area contributed by atoms with Crippen LogP contribution < -0.4 is 4.74 Å². The Balaban J connectivity index is 2.05. The van der Waals surface area contributed by atoms with Gasteiger partial charge in [-0.3, -0.25) is 9.78 Å². The van der Waals surface area contributed by atoms with E-state index in [1.165, 1.54) is 18.0 Å². The van der Waals surface area contributed by atoms with Gasteiger partial charge < -0.3 is 4.74 Å². The molecule has 0 amide bonds. The lowest BCUT2D eigenvalue weighted by Crippen LogP contribution is -2.11. The molecule has 20 heavy (non-hydrogen) atoms. The van der Waals surface area contributed by atoms with Crippen molar-refractivity contribution in [3.05, 3.63) is 53.5 Å². The number of ether oxygens (including phenoxy) is 1. The Bertz CT molecular complexity index is 592. The Morgan fingerprint density at radius 1 is 1.20 bits per heavy atom. The second kappa shape index (κ2) is 6.28. The summed E-state index contributed by atoms with van der Waals surface area (Å²) in [4.78, 5) is 20.0. The first-order valence-corrected chi connectivity index (χ1v) is 6.61. The molecule has 1 heterocycles. The van der Waals surface area contributed by atoms with Gasteiger partial charge in [-0.25, -0.2) is 4.98 Å². The molecule has 2 rings (SSSR count). The van der Waals surface area contributed by atoms with Crippen molar-refractivity contribution in [2.75, 3.05) is 0 Å². The number of benzene rings is 1. The number of carbonyl (C=O) groups is 1. The summed E-state index contributed by atoms with van der Waals surface area (Å²) in [7, 11) is 0. The van der Waals surface area contributed by atoms with E-state index in [9.17, 15) is 4.79 Å². The number of carbonyl (C=O) groups excluding carboxylic acids is 1. The summed E-state index contributed by atoms with van der Waals surface area (Å²) in [5, 5.41) is 0. The Hall–Kier alpha value is -2.23. The first-order chi connectivity index (χ1) is 9.56. The van der Waals surface area contributed by atoms with Crippen molar-refractivity contribution in [3.63, 3.8) is 0 Å². The molecule has 0 aliphatic heterocycles. The summed E-state index contributed by atoms with van der Waals surface area (Å²) in [6, 6.07) is 8.07. The summed E-state index contributed by atoms with van der Waals surface area (Å²) in [6.07, 6.45) is 2.99. The molecule has 0 aliphatic carbocycles. The Morgan fingerprint density at radius 3 is 2.55 bits per heavy atom. The predicted molar refractivity (Wildman–Crippen MR) is 76.7 cm³/mol. The topological polar surface area (TPSA) is 52.1 Å². The Labute approximate surface area is 118 Å². The van der Waals surface area contributed by atoms with Gasteiger partial charge in [0.1, 0.15) is 12.3 Å². The molecule has 4 heteroatoms. The minimum atomic E-state index is -0.100. The second-order valence-corrected chi connectivity index (χ2v) is 5.04. The fraction of sp³-hybridized carbons (Fsp3) is 0.312. The molecule has 0 unspecified atom stereocenters. The van der Waals surface area contributed by atoms with Crippen LogP contribution in [0.25, 0.3) is 0 Å². The zero-order chi connectivity index (χ0) is 14.5. The highest BCUT2D eigenvalue weighted by Gasteiger charge is 2.13. The maximum atomic E-state index is 11.9. The van der Waals surface area contributed by atoms with E-state index in [0.717, 1.165) is 5.56 Å². The molecule has 0 fully saturated rings. The summed E-state index contributed by atoms with van der Waals surface area (Å²) in [5.41, 5.74) is 2.61. The molecule has 104 valence electrons. The fourth-order valence-corrected chi connectivity index (χ4v) is 1.67. The van der Waals surface area contributed by atoms with Gasteiger partial charge in [0.05, 0.1) is 12.4 Å². The van der Waals surface area contributed by atoms with E-state index in [1.807, 2.05) is 45.0 Å². The van der Waals surface area contributed by atoms with Gasteiger partial charge in [-0.2, -0.15) is 0 Å². The summed E-state index contributed by atoms with van der Waals surface area (Å²) < 4.78 is 5.58. The highest BCUT2D eigenvalue weighted by atomic mass is 16.5. The molecule has 0 radical (unpaired) electrons. The van der Waals surface area contributed by atoms with Crippen LogP contribution in [0.5, 0.6) is 5.88 Å². The second-order valence-electron chi connectivity index (χ2n) is 5.04. The van der Waals surface area contributed by atoms with E-state index in [4.69, 9.17) is 4.74 Å². The third kappa shape index (κ3) is 3.63. The molecule has 1 aromatic carbocycles. The van der Waals surface area contributed by atoms with Gasteiger partial charge in [-0.15, -0.1) is 0 Å². The summed E-state index contributed by atoms with van der Waals surface area (Å²) in [5.74, 6) is 0.243. The number of hydrogen-bond acceptors (Lipinski definition) is 4. The zero-order valence-corrected chi connectivity index (χ0v) is 12.0. The Morgan fingerprint density at radius 2 is 1.90 bits per heavy atom. The number of aromatic nitrogens is 2. The van der Waals surface area contributed by atoms with Gasteiger partial charge in [0.15, 0.2) is 5.78 Å². The highest BCUT2D eigenvalue weighted by Crippen LogP contribution is 2.12. The van der Waals surface area contributed by atoms with E-state index in [0.29, 0.717) is 18.2 Å². The van der Waals surface area contributed by atoms with Crippen molar-refractivity contribution >= 4 is 5.78 Å². The summed E-state index contributed by atoms with van der Waals surface area (Å²) in [6.45, 7) is 6.12. The molecule has 0 bridgehead atoms. The molecule has 1 aromatic heterocycles. The lowest BCUT2D eigenvalue weighted by atomic mass is 10.1. The van der Waals surface area contributed by atoms with Crippen LogP contribution in [-0.4, -0.2) is 15.8 Å². The van der Waals surface area contributed by atoms with Crippen LogP contribution in [0, 0.1) is 12.8 Å². The van der Waals surface area contributed by atoms with Crippen molar-refractivity contribution in [1.82, 2.24) is 9.97 Å². The minimum Gasteiger partial charge on any atom is -0.472 e. The van der Waals surface area contributed by atoms with Crippen molar-refractivity contribution in [3.8, 4) is 5.88 Å². The largest absolute Gasteiger partial charge is 0.472 e. The molecule has 0 aliphatic rings. The van der Waals surface area contributed by atoms with Crippen LogP contribution in [-0.2, 0) is 6.61 Å². The van der Waals surface area contributed by atoms with E-state index < -0.39 is 0 Å². The summed E-state index contributed by atoms with van der Waals surface area (Å²) >= 11 is 0. The van der Waals surface area contributed by atoms with Crippen LogP contribution in [0.2, 0.25) is 0 Å². The number of nitrogens with zero attached hydrogens (tertiary/aromatic N) is 2. The quantitative estimate of drug-likeness (QED) is 0.783. The van der Waals surface area contributed by atoms with Crippen molar-refractivity contribution < 1.29 is 9.53 Å². The maximum absolute atomic E-state index is 11.9. The zero-order valence-electron chi connectivity index (χ0n) is 12.0. The third-order valence-electron chi connectivity index (χ3n) is 2.90. The van der Waals surface area contributed by atoms with E-state index in [2.05, 4.69) is 9.97 Å². The smallest absolute Gasteiger partial charge is 0.233 e. The average molecular weight is 270 g/mol. The molecular weight excluding hydrogens is 252 g/mol. The molecule has 4 nitrogen and oxygen atoms in total. The molecular formula is C16H18N2O2. The van der Waals surface area contributed by atoms with Crippen LogP contribution in [0.1, 0.15) is 35.5 Å². The monoisotopic (exact) mass is 270 g/mol. The van der Waals surface area contributed by atoms with Crippen LogP contribution in [0.15, 0.2) is 36.7 Å². The van der Waals surface area contributed by atoms with E-state index in [-0.39, 0.29) is 11.7 Å². The van der Waals surface area contributed by atoms with Gasteiger partial charge in [-0.1, -0.05) is 43.7 Å².